The molecule has 0 aliphatic heterocycles. The second-order valence-electron chi connectivity index (χ2n) is 12.6. The third kappa shape index (κ3) is 5.52. The molecule has 9 rings (SSSR count). The maximum absolute atomic E-state index is 2.35. The summed E-state index contributed by atoms with van der Waals surface area (Å²) in [6.07, 6.45) is 0. The summed E-state index contributed by atoms with van der Waals surface area (Å²) in [6, 6.07) is 72.5. The molecule has 0 radical (unpaired) electrons. The molecule has 0 aromatic heterocycles. The molecule has 0 atom stereocenters. The molecular weight excluding hydrogens is 591 g/mol. The predicted octanol–water partition coefficient (Wildman–Crippen LogP) is 13.6. The molecule has 0 amide bonds. The Labute approximate surface area is 287 Å². The van der Waals surface area contributed by atoms with Gasteiger partial charge in [-0.25, -0.2) is 0 Å². The van der Waals surface area contributed by atoms with Gasteiger partial charge in [0.1, 0.15) is 0 Å². The number of nitrogens with zero attached hydrogens (tertiary/aromatic N) is 1. The van der Waals surface area contributed by atoms with Gasteiger partial charge in [-0.1, -0.05) is 152 Å². The number of fused-ring (bicyclic) bond motifs is 3. The largest absolute Gasteiger partial charge is 0.311 e. The maximum atomic E-state index is 2.35. The van der Waals surface area contributed by atoms with Crippen LogP contribution < -0.4 is 4.90 Å². The summed E-state index contributed by atoms with van der Waals surface area (Å²) in [4.78, 5) is 2.35. The zero-order chi connectivity index (χ0) is 32.6. The zero-order valence-electron chi connectivity index (χ0n) is 27.0. The average molecular weight is 624 g/mol. The van der Waals surface area contributed by atoms with E-state index < -0.39 is 0 Å². The average Bonchev–Trinajstić information content (AvgIpc) is 3.18. The van der Waals surface area contributed by atoms with E-state index >= 15 is 0 Å². The fourth-order valence-corrected chi connectivity index (χ4v) is 7.06. The van der Waals surface area contributed by atoms with Gasteiger partial charge in [0, 0.05) is 17.1 Å². The van der Waals surface area contributed by atoms with Crippen LogP contribution in [0.15, 0.2) is 200 Å². The van der Waals surface area contributed by atoms with Crippen molar-refractivity contribution in [1.82, 2.24) is 0 Å². The Hall–Kier alpha value is -6.44. The number of rotatable bonds is 6. The zero-order valence-corrected chi connectivity index (χ0v) is 27.0. The van der Waals surface area contributed by atoms with E-state index in [1.54, 1.807) is 0 Å². The van der Waals surface area contributed by atoms with Crippen molar-refractivity contribution in [2.45, 2.75) is 0 Å². The van der Waals surface area contributed by atoms with Gasteiger partial charge in [0.25, 0.3) is 0 Å². The Morgan fingerprint density at radius 2 is 0.633 bits per heavy atom. The van der Waals surface area contributed by atoms with E-state index in [0.717, 1.165) is 17.1 Å². The Kier molecular flexibility index (Phi) is 7.22. The summed E-state index contributed by atoms with van der Waals surface area (Å²) in [7, 11) is 0. The van der Waals surface area contributed by atoms with Gasteiger partial charge >= 0.3 is 0 Å². The number of benzene rings is 9. The third-order valence-electron chi connectivity index (χ3n) is 9.64. The van der Waals surface area contributed by atoms with Crippen LogP contribution in [0.1, 0.15) is 0 Å². The topological polar surface area (TPSA) is 3.24 Å². The smallest absolute Gasteiger partial charge is 0.0462 e. The van der Waals surface area contributed by atoms with E-state index in [1.807, 2.05) is 0 Å². The number of anilines is 3. The van der Waals surface area contributed by atoms with Crippen molar-refractivity contribution in [2.24, 2.45) is 0 Å². The van der Waals surface area contributed by atoms with Crippen molar-refractivity contribution in [2.75, 3.05) is 4.90 Å². The highest BCUT2D eigenvalue weighted by Crippen LogP contribution is 2.39. The Balaban J connectivity index is 1.10. The van der Waals surface area contributed by atoms with Crippen LogP contribution in [0.5, 0.6) is 0 Å². The molecule has 0 saturated carbocycles. The molecular formula is C48H33N. The van der Waals surface area contributed by atoms with Crippen molar-refractivity contribution < 1.29 is 0 Å². The highest BCUT2D eigenvalue weighted by atomic mass is 15.1. The minimum Gasteiger partial charge on any atom is -0.311 e. The molecule has 49 heavy (non-hydrogen) atoms. The lowest BCUT2D eigenvalue weighted by Crippen LogP contribution is -2.09. The Bertz CT molecular complexity index is 2450. The van der Waals surface area contributed by atoms with Crippen LogP contribution in [-0.2, 0) is 0 Å². The van der Waals surface area contributed by atoms with Gasteiger partial charge < -0.3 is 4.90 Å². The van der Waals surface area contributed by atoms with Gasteiger partial charge in [-0.05, 0) is 114 Å². The molecule has 0 heterocycles. The van der Waals surface area contributed by atoms with Crippen molar-refractivity contribution in [3.8, 4) is 33.4 Å². The van der Waals surface area contributed by atoms with Gasteiger partial charge in [-0.3, -0.25) is 0 Å². The highest BCUT2D eigenvalue weighted by molar-refractivity contribution is 5.97. The first-order valence-corrected chi connectivity index (χ1v) is 16.8. The molecule has 9 aromatic carbocycles. The maximum Gasteiger partial charge on any atom is 0.0462 e. The summed E-state index contributed by atoms with van der Waals surface area (Å²) in [5.41, 5.74) is 10.6. The summed E-state index contributed by atoms with van der Waals surface area (Å²) in [5.74, 6) is 0. The molecule has 0 aliphatic carbocycles. The molecule has 0 aliphatic rings. The highest BCUT2D eigenvalue weighted by Gasteiger charge is 2.14. The van der Waals surface area contributed by atoms with Crippen LogP contribution >= 0.6 is 0 Å². The van der Waals surface area contributed by atoms with E-state index in [9.17, 15) is 0 Å². The van der Waals surface area contributed by atoms with Crippen molar-refractivity contribution in [3.63, 3.8) is 0 Å². The normalized spacial score (nSPS) is 11.3. The standard InChI is InChI=1S/C48H33N/c1-3-11-40-32-42(18-16-34(40)8-1)36-20-26-44(27-21-36)49(45-28-22-37(23-29-45)43-19-17-35-9-2-4-12-41(35)33-43)46-30-24-39(25-31-46)48-15-7-13-38-10-5-6-14-47(38)48/h1-33H. The third-order valence-corrected chi connectivity index (χ3v) is 9.64. The minimum atomic E-state index is 1.11. The van der Waals surface area contributed by atoms with Crippen LogP contribution in [0.2, 0.25) is 0 Å². The summed E-state index contributed by atoms with van der Waals surface area (Å²) < 4.78 is 0. The molecule has 0 fully saturated rings. The summed E-state index contributed by atoms with van der Waals surface area (Å²) >= 11 is 0. The lowest BCUT2D eigenvalue weighted by atomic mass is 9.98. The predicted molar refractivity (Wildman–Crippen MR) is 210 cm³/mol. The Morgan fingerprint density at radius 1 is 0.245 bits per heavy atom. The van der Waals surface area contributed by atoms with E-state index in [0.29, 0.717) is 0 Å². The molecule has 0 unspecified atom stereocenters. The van der Waals surface area contributed by atoms with E-state index in [2.05, 4.69) is 205 Å². The fourth-order valence-electron chi connectivity index (χ4n) is 7.06. The number of hydrogen-bond donors (Lipinski definition) is 0. The minimum absolute atomic E-state index is 1.11. The Morgan fingerprint density at radius 3 is 1.14 bits per heavy atom. The van der Waals surface area contributed by atoms with Crippen LogP contribution in [-0.4, -0.2) is 0 Å². The molecule has 1 heteroatoms. The fraction of sp³-hybridized carbons (Fsp3) is 0. The van der Waals surface area contributed by atoms with Crippen LogP contribution in [0.4, 0.5) is 17.1 Å². The summed E-state index contributed by atoms with van der Waals surface area (Å²) in [6.45, 7) is 0. The second kappa shape index (κ2) is 12.3. The monoisotopic (exact) mass is 623 g/mol. The van der Waals surface area contributed by atoms with Gasteiger partial charge in [0.15, 0.2) is 0 Å². The lowest BCUT2D eigenvalue weighted by molar-refractivity contribution is 1.28. The van der Waals surface area contributed by atoms with Crippen LogP contribution in [0.25, 0.3) is 65.7 Å². The van der Waals surface area contributed by atoms with E-state index in [-0.39, 0.29) is 0 Å². The second-order valence-corrected chi connectivity index (χ2v) is 12.6. The summed E-state index contributed by atoms with van der Waals surface area (Å²) in [5, 5.41) is 7.54. The molecule has 0 spiro atoms. The van der Waals surface area contributed by atoms with Gasteiger partial charge in [0.05, 0.1) is 0 Å². The van der Waals surface area contributed by atoms with E-state index in [1.165, 1.54) is 65.7 Å². The molecule has 230 valence electrons. The van der Waals surface area contributed by atoms with Gasteiger partial charge in [-0.15, -0.1) is 0 Å². The molecule has 0 bridgehead atoms. The van der Waals surface area contributed by atoms with Crippen LogP contribution in [0, 0.1) is 0 Å². The molecule has 0 N–H and O–H groups in total. The molecule has 1 nitrogen and oxygen atoms in total. The van der Waals surface area contributed by atoms with Crippen molar-refractivity contribution in [1.29, 1.82) is 0 Å². The first-order valence-electron chi connectivity index (χ1n) is 16.8. The molecule has 9 aromatic rings. The first kappa shape index (κ1) is 28.8. The quantitative estimate of drug-likeness (QED) is 0.178. The van der Waals surface area contributed by atoms with Crippen LogP contribution in [0.3, 0.4) is 0 Å². The number of hydrogen-bond acceptors (Lipinski definition) is 1. The van der Waals surface area contributed by atoms with Gasteiger partial charge in [-0.2, -0.15) is 0 Å². The van der Waals surface area contributed by atoms with Crippen molar-refractivity contribution >= 4 is 49.4 Å². The van der Waals surface area contributed by atoms with E-state index in [4.69, 9.17) is 0 Å². The molecule has 0 saturated heterocycles. The van der Waals surface area contributed by atoms with Gasteiger partial charge in [0.2, 0.25) is 0 Å². The SMILES string of the molecule is c1ccc2cc(-c3ccc(N(c4ccc(-c5ccc6ccccc6c5)cc4)c4ccc(-c5cccc6ccccc56)cc4)cc3)ccc2c1. The first-order chi connectivity index (χ1) is 24.3. The lowest BCUT2D eigenvalue weighted by Gasteiger charge is -2.26. The van der Waals surface area contributed by atoms with Crippen molar-refractivity contribution in [3.05, 3.63) is 200 Å².